The number of carbonyl (C=O) groups excluding carboxylic acids is 1. The van der Waals surface area contributed by atoms with E-state index in [-0.39, 0.29) is 5.91 Å². The SMILES string of the molecule is COc1ccc(-c2c(C(=O)N(C)C)cc3cnc(Nc4ccc(N5CCN(C)CC5)cn4)nn23)cc1. The Hall–Kier alpha value is -4.18. The van der Waals surface area contributed by atoms with E-state index < -0.39 is 0 Å². The minimum Gasteiger partial charge on any atom is -0.497 e. The van der Waals surface area contributed by atoms with Crippen LogP contribution in [0.15, 0.2) is 54.9 Å². The molecule has 4 heterocycles. The van der Waals surface area contributed by atoms with E-state index in [0.29, 0.717) is 23.0 Å². The fraction of sp³-hybridized carbons (Fsp3) is 0.308. The normalized spacial score (nSPS) is 14.2. The summed E-state index contributed by atoms with van der Waals surface area (Å²) in [6.45, 7) is 4.06. The summed E-state index contributed by atoms with van der Waals surface area (Å²) in [5.41, 5.74) is 3.90. The highest BCUT2D eigenvalue weighted by molar-refractivity contribution is 6.02. The van der Waals surface area contributed by atoms with Gasteiger partial charge in [0.15, 0.2) is 0 Å². The van der Waals surface area contributed by atoms with Gasteiger partial charge < -0.3 is 24.8 Å². The Bertz CT molecular complexity index is 1360. The second-order valence-corrected chi connectivity index (χ2v) is 9.07. The largest absolute Gasteiger partial charge is 0.497 e. The van der Waals surface area contributed by atoms with Crippen LogP contribution in [0, 0.1) is 0 Å². The number of piperazine rings is 1. The van der Waals surface area contributed by atoms with E-state index >= 15 is 0 Å². The predicted octanol–water partition coefficient (Wildman–Crippen LogP) is 3.00. The van der Waals surface area contributed by atoms with Gasteiger partial charge in [0.25, 0.3) is 5.91 Å². The zero-order valence-corrected chi connectivity index (χ0v) is 21.0. The molecule has 186 valence electrons. The van der Waals surface area contributed by atoms with Crippen LogP contribution in [0.2, 0.25) is 0 Å². The number of fused-ring (bicyclic) bond motifs is 1. The van der Waals surface area contributed by atoms with Crippen molar-refractivity contribution in [2.24, 2.45) is 0 Å². The second kappa shape index (κ2) is 9.82. The van der Waals surface area contributed by atoms with E-state index in [1.807, 2.05) is 42.6 Å². The molecule has 1 aliphatic rings. The molecule has 1 fully saturated rings. The molecule has 0 spiro atoms. The maximum absolute atomic E-state index is 13.0. The van der Waals surface area contributed by atoms with Crippen molar-refractivity contribution in [2.45, 2.75) is 0 Å². The van der Waals surface area contributed by atoms with E-state index in [1.54, 1.807) is 36.8 Å². The monoisotopic (exact) mass is 486 g/mol. The van der Waals surface area contributed by atoms with Crippen molar-refractivity contribution >= 4 is 28.9 Å². The van der Waals surface area contributed by atoms with Crippen LogP contribution in [-0.4, -0.2) is 89.7 Å². The lowest BCUT2D eigenvalue weighted by Gasteiger charge is -2.33. The number of hydrogen-bond acceptors (Lipinski definition) is 8. The van der Waals surface area contributed by atoms with Crippen molar-refractivity contribution in [3.05, 3.63) is 60.4 Å². The molecule has 0 atom stereocenters. The molecule has 0 saturated carbocycles. The molecular weight excluding hydrogens is 456 g/mol. The number of amides is 1. The quantitative estimate of drug-likeness (QED) is 0.445. The van der Waals surface area contributed by atoms with Gasteiger partial charge >= 0.3 is 0 Å². The molecule has 1 saturated heterocycles. The molecule has 36 heavy (non-hydrogen) atoms. The van der Waals surface area contributed by atoms with Crippen LogP contribution in [0.1, 0.15) is 10.4 Å². The predicted molar refractivity (Wildman–Crippen MR) is 140 cm³/mol. The number of methoxy groups -OCH3 is 1. The number of anilines is 3. The Morgan fingerprint density at radius 2 is 1.75 bits per heavy atom. The summed E-state index contributed by atoms with van der Waals surface area (Å²) in [5, 5.41) is 7.90. The van der Waals surface area contributed by atoms with E-state index in [9.17, 15) is 4.79 Å². The Morgan fingerprint density at radius 1 is 1.00 bits per heavy atom. The molecule has 1 amide bonds. The van der Waals surface area contributed by atoms with E-state index in [1.165, 1.54) is 0 Å². The van der Waals surface area contributed by atoms with Crippen molar-refractivity contribution in [3.8, 4) is 17.0 Å². The summed E-state index contributed by atoms with van der Waals surface area (Å²) >= 11 is 0. The smallest absolute Gasteiger partial charge is 0.255 e. The van der Waals surface area contributed by atoms with Gasteiger partial charge in [0.2, 0.25) is 5.95 Å². The fourth-order valence-electron chi connectivity index (χ4n) is 4.28. The van der Waals surface area contributed by atoms with Gasteiger partial charge in [0.05, 0.1) is 42.0 Å². The molecule has 10 nitrogen and oxygen atoms in total. The Kier molecular flexibility index (Phi) is 6.43. The number of pyridine rings is 1. The third-order valence-corrected chi connectivity index (χ3v) is 6.37. The highest BCUT2D eigenvalue weighted by Crippen LogP contribution is 2.30. The summed E-state index contributed by atoms with van der Waals surface area (Å²) in [4.78, 5) is 28.2. The molecule has 1 aliphatic heterocycles. The molecule has 4 aromatic rings. The lowest BCUT2D eigenvalue weighted by molar-refractivity contribution is 0.0828. The van der Waals surface area contributed by atoms with Crippen LogP contribution in [-0.2, 0) is 0 Å². The van der Waals surface area contributed by atoms with Crippen molar-refractivity contribution in [1.82, 2.24) is 29.4 Å². The molecule has 0 aliphatic carbocycles. The van der Waals surface area contributed by atoms with Gasteiger partial charge in [-0.3, -0.25) is 4.79 Å². The summed E-state index contributed by atoms with van der Waals surface area (Å²) < 4.78 is 7.04. The maximum Gasteiger partial charge on any atom is 0.255 e. The third-order valence-electron chi connectivity index (χ3n) is 6.37. The molecule has 1 N–H and O–H groups in total. The summed E-state index contributed by atoms with van der Waals surface area (Å²) in [7, 11) is 7.24. The minimum atomic E-state index is -0.109. The van der Waals surface area contributed by atoms with Gasteiger partial charge in [-0.25, -0.2) is 14.5 Å². The highest BCUT2D eigenvalue weighted by atomic mass is 16.5. The van der Waals surface area contributed by atoms with Crippen molar-refractivity contribution < 1.29 is 9.53 Å². The topological polar surface area (TPSA) is 91.1 Å². The maximum atomic E-state index is 13.0. The first-order valence-corrected chi connectivity index (χ1v) is 11.8. The van der Waals surface area contributed by atoms with Gasteiger partial charge in [0, 0.05) is 45.8 Å². The molecule has 0 radical (unpaired) electrons. The number of carbonyl (C=O) groups is 1. The molecular formula is C26H30N8O2. The number of nitrogens with zero attached hydrogens (tertiary/aromatic N) is 7. The number of likely N-dealkylation sites (N-methyl/N-ethyl adjacent to an activating group) is 1. The minimum absolute atomic E-state index is 0.109. The first kappa shape index (κ1) is 23.6. The van der Waals surface area contributed by atoms with Crippen LogP contribution >= 0.6 is 0 Å². The number of nitrogens with one attached hydrogen (secondary N) is 1. The van der Waals surface area contributed by atoms with Gasteiger partial charge in [-0.05, 0) is 49.5 Å². The molecule has 1 aromatic carbocycles. The van der Waals surface area contributed by atoms with E-state index in [0.717, 1.165) is 48.7 Å². The fourth-order valence-corrected chi connectivity index (χ4v) is 4.28. The molecule has 10 heteroatoms. The average molecular weight is 487 g/mol. The second-order valence-electron chi connectivity index (χ2n) is 9.07. The number of hydrogen-bond donors (Lipinski definition) is 1. The molecule has 3 aromatic heterocycles. The summed E-state index contributed by atoms with van der Waals surface area (Å²) in [6, 6.07) is 13.4. The lowest BCUT2D eigenvalue weighted by atomic mass is 10.1. The first-order chi connectivity index (χ1) is 17.4. The highest BCUT2D eigenvalue weighted by Gasteiger charge is 2.21. The third kappa shape index (κ3) is 4.67. The zero-order valence-electron chi connectivity index (χ0n) is 21.0. The Balaban J connectivity index is 1.46. The van der Waals surface area contributed by atoms with Crippen molar-refractivity contribution in [3.63, 3.8) is 0 Å². The number of ether oxygens (including phenoxy) is 1. The van der Waals surface area contributed by atoms with Crippen LogP contribution in [0.25, 0.3) is 16.8 Å². The van der Waals surface area contributed by atoms with Crippen LogP contribution in [0.5, 0.6) is 5.75 Å². The van der Waals surface area contributed by atoms with Gasteiger partial charge in [-0.15, -0.1) is 5.10 Å². The first-order valence-electron chi connectivity index (χ1n) is 11.8. The van der Waals surface area contributed by atoms with Gasteiger partial charge in [-0.2, -0.15) is 0 Å². The number of benzene rings is 1. The lowest BCUT2D eigenvalue weighted by Crippen LogP contribution is -2.44. The number of aromatic nitrogens is 4. The van der Waals surface area contributed by atoms with E-state index in [2.05, 4.69) is 38.2 Å². The molecule has 0 unspecified atom stereocenters. The van der Waals surface area contributed by atoms with Crippen LogP contribution in [0.3, 0.4) is 0 Å². The van der Waals surface area contributed by atoms with Crippen LogP contribution < -0.4 is 15.0 Å². The molecule has 5 rings (SSSR count). The molecule has 0 bridgehead atoms. The van der Waals surface area contributed by atoms with Gasteiger partial charge in [0.1, 0.15) is 11.6 Å². The van der Waals surface area contributed by atoms with E-state index in [4.69, 9.17) is 9.84 Å². The zero-order chi connectivity index (χ0) is 25.2. The summed E-state index contributed by atoms with van der Waals surface area (Å²) in [5.74, 6) is 1.66. The van der Waals surface area contributed by atoms with Crippen molar-refractivity contribution in [2.75, 3.05) is 64.6 Å². The summed E-state index contributed by atoms with van der Waals surface area (Å²) in [6.07, 6.45) is 3.58. The number of rotatable bonds is 6. The Morgan fingerprint density at radius 3 is 2.39 bits per heavy atom. The van der Waals surface area contributed by atoms with Gasteiger partial charge in [-0.1, -0.05) is 0 Å². The standard InChI is InChI=1S/C26H30N8O2/c1-31(2)25(35)22-15-20-17-28-26(30-34(20)24(22)18-5-8-21(36-4)9-6-18)29-23-10-7-19(16-27-23)33-13-11-32(3)12-14-33/h5-10,15-17H,11-14H2,1-4H3,(H,27,29,30). The van der Waals surface area contributed by atoms with Crippen molar-refractivity contribution in [1.29, 1.82) is 0 Å². The Labute approximate surface area is 210 Å². The average Bonchev–Trinajstić information content (AvgIpc) is 3.28. The van der Waals surface area contributed by atoms with Crippen LogP contribution in [0.4, 0.5) is 17.5 Å².